The molecule has 0 aromatic carbocycles. The largest absolute Gasteiger partial charge is 0.265 e. The number of thioether (sulfide) groups is 1. The lowest BCUT2D eigenvalue weighted by Gasteiger charge is -2.10. The summed E-state index contributed by atoms with van der Waals surface area (Å²) in [5.41, 5.74) is 0.958. The van der Waals surface area contributed by atoms with Gasteiger partial charge in [0.05, 0.1) is 5.25 Å². The molecule has 0 radical (unpaired) electrons. The van der Waals surface area contributed by atoms with Gasteiger partial charge in [0.15, 0.2) is 11.6 Å². The van der Waals surface area contributed by atoms with Crippen molar-refractivity contribution in [3.63, 3.8) is 0 Å². The summed E-state index contributed by atoms with van der Waals surface area (Å²) in [7, 11) is 0. The molecule has 0 bridgehead atoms. The van der Waals surface area contributed by atoms with E-state index < -0.39 is 0 Å². The average molecular weight is 311 g/mol. The third kappa shape index (κ3) is 3.01. The van der Waals surface area contributed by atoms with Gasteiger partial charge >= 0.3 is 0 Å². The number of rotatable bonds is 5. The second kappa shape index (κ2) is 6.70. The highest BCUT2D eigenvalue weighted by atomic mass is 32.2. The van der Waals surface area contributed by atoms with Gasteiger partial charge in [-0.1, -0.05) is 13.0 Å². The van der Waals surface area contributed by atoms with Gasteiger partial charge in [0, 0.05) is 24.2 Å². The maximum atomic E-state index is 4.74. The Kier molecular flexibility index (Phi) is 4.48. The molecule has 112 valence electrons. The molecule has 0 unspecified atom stereocenters. The summed E-state index contributed by atoms with van der Waals surface area (Å²) in [5, 5.41) is 4.90. The molecule has 5 nitrogen and oxygen atoms in total. The van der Waals surface area contributed by atoms with E-state index in [1.807, 2.05) is 46.8 Å². The Balaban J connectivity index is 2.09. The van der Waals surface area contributed by atoms with E-state index in [2.05, 4.69) is 28.9 Å². The van der Waals surface area contributed by atoms with Crippen LogP contribution in [0.4, 0.5) is 0 Å². The summed E-state index contributed by atoms with van der Waals surface area (Å²) in [6.45, 7) is 4.29. The number of nitrogens with zero attached hydrogens (tertiary/aromatic N) is 5. The van der Waals surface area contributed by atoms with E-state index in [-0.39, 0.29) is 5.25 Å². The SMILES string of the molecule is CCS[C@@H](C)c1nc(-c2ccncc2)nn1-c1ccccn1. The van der Waals surface area contributed by atoms with E-state index in [0.717, 1.165) is 23.0 Å². The molecule has 0 saturated carbocycles. The molecule has 3 aromatic rings. The highest BCUT2D eigenvalue weighted by molar-refractivity contribution is 7.99. The van der Waals surface area contributed by atoms with Crippen LogP contribution in [0.2, 0.25) is 0 Å². The van der Waals surface area contributed by atoms with Crippen LogP contribution in [0, 0.1) is 0 Å². The molecule has 3 aromatic heterocycles. The zero-order valence-corrected chi connectivity index (χ0v) is 13.4. The highest BCUT2D eigenvalue weighted by Gasteiger charge is 2.19. The minimum Gasteiger partial charge on any atom is -0.265 e. The first-order valence-electron chi connectivity index (χ1n) is 7.20. The minimum absolute atomic E-state index is 0.245. The van der Waals surface area contributed by atoms with Crippen molar-refractivity contribution in [1.29, 1.82) is 0 Å². The first-order chi connectivity index (χ1) is 10.8. The smallest absolute Gasteiger partial charge is 0.182 e. The van der Waals surface area contributed by atoms with Crippen LogP contribution in [-0.2, 0) is 0 Å². The van der Waals surface area contributed by atoms with Crippen molar-refractivity contribution in [3.8, 4) is 17.2 Å². The Bertz CT molecular complexity index is 727. The molecule has 22 heavy (non-hydrogen) atoms. The second-order valence-electron chi connectivity index (χ2n) is 4.73. The molecule has 6 heteroatoms. The van der Waals surface area contributed by atoms with E-state index >= 15 is 0 Å². The predicted octanol–water partition coefficient (Wildman–Crippen LogP) is 3.54. The minimum atomic E-state index is 0.245. The lowest BCUT2D eigenvalue weighted by molar-refractivity contribution is 0.772. The van der Waals surface area contributed by atoms with Crippen LogP contribution < -0.4 is 0 Å². The predicted molar refractivity (Wildman–Crippen MR) is 88.9 cm³/mol. The Morgan fingerprint density at radius 1 is 1.14 bits per heavy atom. The van der Waals surface area contributed by atoms with E-state index in [4.69, 9.17) is 4.98 Å². The first-order valence-corrected chi connectivity index (χ1v) is 8.25. The normalized spacial score (nSPS) is 12.3. The lowest BCUT2D eigenvalue weighted by atomic mass is 10.2. The fourth-order valence-electron chi connectivity index (χ4n) is 2.18. The number of hydrogen-bond donors (Lipinski definition) is 0. The van der Waals surface area contributed by atoms with Crippen molar-refractivity contribution in [3.05, 3.63) is 54.7 Å². The summed E-state index contributed by atoms with van der Waals surface area (Å²) >= 11 is 1.84. The van der Waals surface area contributed by atoms with E-state index in [9.17, 15) is 0 Å². The van der Waals surface area contributed by atoms with Crippen molar-refractivity contribution < 1.29 is 0 Å². The van der Waals surface area contributed by atoms with Crippen LogP contribution in [-0.4, -0.2) is 30.5 Å². The number of pyridine rings is 2. The van der Waals surface area contributed by atoms with Gasteiger partial charge in [0.25, 0.3) is 0 Å². The van der Waals surface area contributed by atoms with Gasteiger partial charge in [-0.25, -0.2) is 9.97 Å². The third-order valence-corrected chi connectivity index (χ3v) is 4.26. The molecule has 0 aliphatic heterocycles. The Hall–Kier alpha value is -2.21. The maximum Gasteiger partial charge on any atom is 0.182 e. The quantitative estimate of drug-likeness (QED) is 0.721. The van der Waals surface area contributed by atoms with Crippen LogP contribution in [0.3, 0.4) is 0 Å². The van der Waals surface area contributed by atoms with E-state index in [1.165, 1.54) is 0 Å². The highest BCUT2D eigenvalue weighted by Crippen LogP contribution is 2.29. The molecule has 0 spiro atoms. The van der Waals surface area contributed by atoms with Crippen molar-refractivity contribution in [2.45, 2.75) is 19.1 Å². The van der Waals surface area contributed by atoms with Gasteiger partial charge in [-0.3, -0.25) is 4.98 Å². The molecular formula is C16H17N5S. The fourth-order valence-corrected chi connectivity index (χ4v) is 2.98. The monoisotopic (exact) mass is 311 g/mol. The van der Waals surface area contributed by atoms with Crippen LogP contribution >= 0.6 is 11.8 Å². The molecule has 0 N–H and O–H groups in total. The van der Waals surface area contributed by atoms with Crippen molar-refractivity contribution >= 4 is 11.8 Å². The van der Waals surface area contributed by atoms with Gasteiger partial charge in [-0.15, -0.1) is 5.10 Å². The molecule has 0 fully saturated rings. The zero-order chi connectivity index (χ0) is 15.4. The second-order valence-corrected chi connectivity index (χ2v) is 6.34. The lowest BCUT2D eigenvalue weighted by Crippen LogP contribution is -2.06. The van der Waals surface area contributed by atoms with Crippen molar-refractivity contribution in [1.82, 2.24) is 24.7 Å². The summed E-state index contributed by atoms with van der Waals surface area (Å²) in [6, 6.07) is 9.63. The fraction of sp³-hybridized carbons (Fsp3) is 0.250. The van der Waals surface area contributed by atoms with Gasteiger partial charge < -0.3 is 0 Å². The Labute approximate surface area is 133 Å². The maximum absolute atomic E-state index is 4.74. The van der Waals surface area contributed by atoms with Crippen LogP contribution in [0.15, 0.2) is 48.9 Å². The van der Waals surface area contributed by atoms with Gasteiger partial charge in [-0.2, -0.15) is 16.4 Å². The molecule has 0 amide bonds. The Morgan fingerprint density at radius 2 is 1.95 bits per heavy atom. The van der Waals surface area contributed by atoms with Crippen molar-refractivity contribution in [2.24, 2.45) is 0 Å². The molecule has 1 atom stereocenters. The van der Waals surface area contributed by atoms with Gasteiger partial charge in [-0.05, 0) is 36.9 Å². The molecular weight excluding hydrogens is 294 g/mol. The topological polar surface area (TPSA) is 56.5 Å². The molecule has 0 saturated heterocycles. The average Bonchev–Trinajstić information content (AvgIpc) is 3.02. The third-order valence-electron chi connectivity index (χ3n) is 3.22. The standard InChI is InChI=1S/C16H17N5S/c1-3-22-12(2)16-19-15(13-7-10-17-11-8-13)20-21(16)14-6-4-5-9-18-14/h4-12H,3H2,1-2H3/t12-/m0/s1. The first kappa shape index (κ1) is 14.7. The molecule has 0 aliphatic rings. The summed E-state index contributed by atoms with van der Waals surface area (Å²) in [4.78, 5) is 13.2. The van der Waals surface area contributed by atoms with Crippen molar-refractivity contribution in [2.75, 3.05) is 5.75 Å². The molecule has 3 heterocycles. The van der Waals surface area contributed by atoms with Gasteiger partial charge in [0.2, 0.25) is 0 Å². The van der Waals surface area contributed by atoms with Crippen LogP contribution in [0.1, 0.15) is 24.9 Å². The molecule has 3 rings (SSSR count). The van der Waals surface area contributed by atoms with Crippen LogP contribution in [0.5, 0.6) is 0 Å². The zero-order valence-electron chi connectivity index (χ0n) is 12.5. The summed E-state index contributed by atoms with van der Waals surface area (Å²) < 4.78 is 1.84. The van der Waals surface area contributed by atoms with E-state index in [1.54, 1.807) is 18.6 Å². The number of aromatic nitrogens is 5. The van der Waals surface area contributed by atoms with Gasteiger partial charge in [0.1, 0.15) is 5.82 Å². The summed E-state index contributed by atoms with van der Waals surface area (Å²) in [5.74, 6) is 3.43. The molecule has 0 aliphatic carbocycles. The summed E-state index contributed by atoms with van der Waals surface area (Å²) in [6.07, 6.45) is 5.27. The Morgan fingerprint density at radius 3 is 2.64 bits per heavy atom. The van der Waals surface area contributed by atoms with E-state index in [0.29, 0.717) is 5.82 Å². The van der Waals surface area contributed by atoms with Crippen LogP contribution in [0.25, 0.3) is 17.2 Å². The number of hydrogen-bond acceptors (Lipinski definition) is 5.